The minimum atomic E-state index is -0.289. The molecular formula is C35H34N4O4. The highest BCUT2D eigenvalue weighted by Crippen LogP contribution is 2.39. The van der Waals surface area contributed by atoms with Gasteiger partial charge in [-0.15, -0.1) is 0 Å². The molecule has 0 saturated carbocycles. The lowest BCUT2D eigenvalue weighted by molar-refractivity contribution is -0.111. The number of hydrogen-bond donors (Lipinski definition) is 2. The van der Waals surface area contributed by atoms with E-state index < -0.39 is 0 Å². The summed E-state index contributed by atoms with van der Waals surface area (Å²) >= 11 is 0. The summed E-state index contributed by atoms with van der Waals surface area (Å²) in [6.45, 7) is 4.62. The highest BCUT2D eigenvalue weighted by Gasteiger charge is 2.35. The summed E-state index contributed by atoms with van der Waals surface area (Å²) in [5, 5.41) is 5.97. The smallest absolute Gasteiger partial charge is 0.255 e. The Morgan fingerprint density at radius 1 is 0.907 bits per heavy atom. The molecular weight excluding hydrogens is 540 g/mol. The maximum Gasteiger partial charge on any atom is 0.255 e. The largest absolute Gasteiger partial charge is 0.494 e. The molecule has 1 saturated heterocycles. The number of amides is 2. The molecule has 2 N–H and O–H groups in total. The molecule has 0 spiro atoms. The second-order valence-corrected chi connectivity index (χ2v) is 11.0. The van der Waals surface area contributed by atoms with Crippen molar-refractivity contribution in [3.63, 3.8) is 0 Å². The van der Waals surface area contributed by atoms with Crippen molar-refractivity contribution in [2.24, 2.45) is 5.92 Å². The molecule has 2 aliphatic heterocycles. The lowest BCUT2D eigenvalue weighted by Crippen LogP contribution is -2.47. The van der Waals surface area contributed by atoms with Gasteiger partial charge >= 0.3 is 0 Å². The van der Waals surface area contributed by atoms with E-state index >= 15 is 0 Å². The molecule has 8 nitrogen and oxygen atoms in total. The Morgan fingerprint density at radius 3 is 2.51 bits per heavy atom. The van der Waals surface area contributed by atoms with E-state index in [4.69, 9.17) is 4.74 Å². The first-order chi connectivity index (χ1) is 21.0. The van der Waals surface area contributed by atoms with Gasteiger partial charge in [-0.2, -0.15) is 0 Å². The number of anilines is 3. The van der Waals surface area contributed by atoms with Gasteiger partial charge in [-0.1, -0.05) is 36.4 Å². The van der Waals surface area contributed by atoms with E-state index in [-0.39, 0.29) is 23.3 Å². The van der Waals surface area contributed by atoms with E-state index in [9.17, 15) is 14.4 Å². The van der Waals surface area contributed by atoms with Gasteiger partial charge in [-0.25, -0.2) is 0 Å². The average Bonchev–Trinajstić information content (AvgIpc) is 3.02. The van der Waals surface area contributed by atoms with Crippen LogP contribution in [0.25, 0.3) is 6.08 Å². The van der Waals surface area contributed by atoms with Crippen LogP contribution in [0.1, 0.15) is 40.9 Å². The van der Waals surface area contributed by atoms with Crippen molar-refractivity contribution in [1.29, 1.82) is 0 Å². The number of nitrogens with zero attached hydrogens (tertiary/aromatic N) is 2. The van der Waals surface area contributed by atoms with Crippen LogP contribution < -0.4 is 25.8 Å². The van der Waals surface area contributed by atoms with Gasteiger partial charge in [0.15, 0.2) is 0 Å². The summed E-state index contributed by atoms with van der Waals surface area (Å²) < 4.78 is 7.40. The van der Waals surface area contributed by atoms with Gasteiger partial charge in [0.25, 0.3) is 11.5 Å². The molecule has 1 aromatic heterocycles. The third-order valence-electron chi connectivity index (χ3n) is 7.99. The number of nitrogens with one attached hydrogen (secondary N) is 2. The zero-order chi connectivity index (χ0) is 29.8. The summed E-state index contributed by atoms with van der Waals surface area (Å²) in [7, 11) is 0. The van der Waals surface area contributed by atoms with E-state index in [1.807, 2.05) is 72.2 Å². The fourth-order valence-electron chi connectivity index (χ4n) is 6.06. The van der Waals surface area contributed by atoms with Crippen LogP contribution in [-0.2, 0) is 11.3 Å². The third kappa shape index (κ3) is 6.38. The van der Waals surface area contributed by atoms with E-state index in [1.165, 1.54) is 6.08 Å². The zero-order valence-corrected chi connectivity index (χ0v) is 24.0. The normalized spacial score (nSPS) is 17.3. The fraction of sp³-hybridized carbons (Fsp3) is 0.229. The zero-order valence-electron chi connectivity index (χ0n) is 24.0. The van der Waals surface area contributed by atoms with Gasteiger partial charge in [0.05, 0.1) is 18.0 Å². The van der Waals surface area contributed by atoms with Gasteiger partial charge in [-0.3, -0.25) is 14.4 Å². The quantitative estimate of drug-likeness (QED) is 0.261. The number of fused-ring (bicyclic) bond motifs is 4. The van der Waals surface area contributed by atoms with E-state index in [2.05, 4.69) is 15.5 Å². The molecule has 0 aliphatic carbocycles. The maximum absolute atomic E-state index is 13.3. The van der Waals surface area contributed by atoms with Crippen molar-refractivity contribution >= 4 is 35.0 Å². The molecule has 43 heavy (non-hydrogen) atoms. The Hall–Kier alpha value is -5.11. The molecule has 8 heteroatoms. The Morgan fingerprint density at radius 2 is 1.72 bits per heavy atom. The molecule has 218 valence electrons. The number of pyridine rings is 1. The van der Waals surface area contributed by atoms with Gasteiger partial charge in [0, 0.05) is 54.6 Å². The number of ether oxygens (including phenoxy) is 1. The van der Waals surface area contributed by atoms with Gasteiger partial charge in [-0.05, 0) is 79.4 Å². The second kappa shape index (κ2) is 12.4. The van der Waals surface area contributed by atoms with Crippen molar-refractivity contribution in [2.75, 3.05) is 35.2 Å². The van der Waals surface area contributed by atoms with Crippen molar-refractivity contribution in [3.8, 4) is 5.75 Å². The number of rotatable bonds is 8. The van der Waals surface area contributed by atoms with E-state index in [0.717, 1.165) is 35.7 Å². The van der Waals surface area contributed by atoms with Crippen molar-refractivity contribution in [2.45, 2.75) is 25.8 Å². The highest BCUT2D eigenvalue weighted by molar-refractivity contribution is 6.08. The summed E-state index contributed by atoms with van der Waals surface area (Å²) in [6, 6.07) is 27.7. The Labute approximate surface area is 250 Å². The molecule has 6 rings (SSSR count). The first kappa shape index (κ1) is 28.0. The SMILES string of the molecule is CCOc1ccc(NC(=O)c2ccc(N3C[C@H]4C[C@@H](C3)c3cccc(=O)n3C4)c(NC(=O)/C=C/c3ccccc3)c2)cc1. The van der Waals surface area contributed by atoms with Crippen LogP contribution in [-0.4, -0.2) is 36.1 Å². The number of piperidine rings is 1. The summed E-state index contributed by atoms with van der Waals surface area (Å²) in [5.74, 6) is 0.663. The van der Waals surface area contributed by atoms with Crippen LogP contribution in [0, 0.1) is 5.92 Å². The van der Waals surface area contributed by atoms with Crippen molar-refractivity contribution in [1.82, 2.24) is 4.57 Å². The predicted molar refractivity (Wildman–Crippen MR) is 170 cm³/mol. The van der Waals surface area contributed by atoms with Crippen LogP contribution >= 0.6 is 0 Å². The maximum atomic E-state index is 13.3. The summed E-state index contributed by atoms with van der Waals surface area (Å²) in [5.41, 5.74) is 4.49. The molecule has 2 amide bonds. The minimum Gasteiger partial charge on any atom is -0.494 e. The lowest BCUT2D eigenvalue weighted by atomic mass is 9.83. The lowest BCUT2D eigenvalue weighted by Gasteiger charge is -2.44. The van der Waals surface area contributed by atoms with Crippen molar-refractivity contribution < 1.29 is 14.3 Å². The predicted octanol–water partition coefficient (Wildman–Crippen LogP) is 5.77. The Balaban J connectivity index is 1.27. The molecule has 3 heterocycles. The molecule has 2 atom stereocenters. The fourth-order valence-corrected chi connectivity index (χ4v) is 6.06. The van der Waals surface area contributed by atoms with Crippen molar-refractivity contribution in [3.05, 3.63) is 124 Å². The third-order valence-corrected chi connectivity index (χ3v) is 7.99. The van der Waals surface area contributed by atoms with Gasteiger partial charge < -0.3 is 24.8 Å². The molecule has 4 aromatic rings. The Kier molecular flexibility index (Phi) is 8.09. The monoisotopic (exact) mass is 574 g/mol. The van der Waals surface area contributed by atoms with Gasteiger partial charge in [0.1, 0.15) is 5.75 Å². The highest BCUT2D eigenvalue weighted by atomic mass is 16.5. The van der Waals surface area contributed by atoms with Crippen LogP contribution in [0.2, 0.25) is 0 Å². The molecule has 2 aliphatic rings. The first-order valence-electron chi connectivity index (χ1n) is 14.6. The van der Waals surface area contributed by atoms with E-state index in [0.29, 0.717) is 42.6 Å². The van der Waals surface area contributed by atoms with E-state index in [1.54, 1.807) is 36.4 Å². The summed E-state index contributed by atoms with van der Waals surface area (Å²) in [4.78, 5) is 41.2. The molecule has 0 unspecified atom stereocenters. The number of aromatic nitrogens is 1. The Bertz CT molecular complexity index is 1710. The number of benzene rings is 3. The number of hydrogen-bond acceptors (Lipinski definition) is 5. The molecule has 2 bridgehead atoms. The standard InChI is InChI=1S/C35H34N4O4/c1-2-43-29-15-13-28(14-16-29)36-35(42)26-12-17-32(30(20-26)37-33(40)18-11-24-7-4-3-5-8-24)38-21-25-19-27(23-38)31-9-6-10-34(41)39(31)22-25/h3-18,20,25,27H,2,19,21-23H2,1H3,(H,36,42)(H,37,40)/b18-11+/t25-,27+/m1/s1. The molecule has 1 fully saturated rings. The minimum absolute atomic E-state index is 0.0432. The number of carbonyl (C=O) groups is 2. The molecule has 3 aromatic carbocycles. The van der Waals surface area contributed by atoms with Crippen LogP contribution in [0.4, 0.5) is 17.1 Å². The van der Waals surface area contributed by atoms with Crippen LogP contribution in [0.3, 0.4) is 0 Å². The number of carbonyl (C=O) groups excluding carboxylic acids is 2. The topological polar surface area (TPSA) is 92.7 Å². The summed E-state index contributed by atoms with van der Waals surface area (Å²) in [6.07, 6.45) is 4.28. The van der Waals surface area contributed by atoms with Crippen LogP contribution in [0.15, 0.2) is 102 Å². The van der Waals surface area contributed by atoms with Gasteiger partial charge in [0.2, 0.25) is 5.91 Å². The molecule has 0 radical (unpaired) electrons. The second-order valence-electron chi connectivity index (χ2n) is 11.0. The first-order valence-corrected chi connectivity index (χ1v) is 14.6. The van der Waals surface area contributed by atoms with Crippen LogP contribution in [0.5, 0.6) is 5.75 Å². The average molecular weight is 575 g/mol.